The third kappa shape index (κ3) is 3.13. The molecule has 1 fully saturated rings. The molecular formula is C15H24N2O2. The van der Waals surface area contributed by atoms with E-state index in [1.807, 2.05) is 12.1 Å². The Bertz CT molecular complexity index is 423. The molecule has 106 valence electrons. The maximum Gasteiger partial charge on any atom is 0.145 e. The van der Waals surface area contributed by atoms with Crippen LogP contribution in [-0.4, -0.2) is 39.4 Å². The van der Waals surface area contributed by atoms with Gasteiger partial charge >= 0.3 is 0 Å². The Kier molecular flexibility index (Phi) is 4.53. The predicted octanol–water partition coefficient (Wildman–Crippen LogP) is 2.28. The molecular weight excluding hydrogens is 240 g/mol. The summed E-state index contributed by atoms with van der Waals surface area (Å²) >= 11 is 0. The van der Waals surface area contributed by atoms with E-state index in [0.717, 1.165) is 36.7 Å². The number of rotatable bonds is 3. The highest BCUT2D eigenvalue weighted by atomic mass is 16.5. The lowest BCUT2D eigenvalue weighted by Crippen LogP contribution is -2.38. The van der Waals surface area contributed by atoms with Crippen molar-refractivity contribution in [3.8, 4) is 11.5 Å². The van der Waals surface area contributed by atoms with E-state index in [2.05, 4.69) is 30.1 Å². The molecule has 0 bridgehead atoms. The maximum absolute atomic E-state index is 5.51. The van der Waals surface area contributed by atoms with Gasteiger partial charge in [0.25, 0.3) is 0 Å². The standard InChI is InChI=1S/C15H24N2O2/c1-11-7-8-17(12(2)10-16-11)14-6-5-13(18-3)9-15(14)19-4/h5-6,9,11-12,16H,7-8,10H2,1-4H3. The van der Waals surface area contributed by atoms with E-state index < -0.39 is 0 Å². The van der Waals surface area contributed by atoms with Crippen molar-refractivity contribution in [3.05, 3.63) is 18.2 Å². The molecule has 1 aromatic carbocycles. The second-order valence-electron chi connectivity index (χ2n) is 5.18. The van der Waals surface area contributed by atoms with Gasteiger partial charge in [-0.05, 0) is 32.4 Å². The summed E-state index contributed by atoms with van der Waals surface area (Å²) in [7, 11) is 3.39. The monoisotopic (exact) mass is 264 g/mol. The van der Waals surface area contributed by atoms with Crippen molar-refractivity contribution in [2.45, 2.75) is 32.4 Å². The first kappa shape index (κ1) is 14.0. The zero-order valence-electron chi connectivity index (χ0n) is 12.3. The van der Waals surface area contributed by atoms with Gasteiger partial charge in [0.05, 0.1) is 19.9 Å². The number of hydrogen-bond donors (Lipinski definition) is 1. The molecule has 0 amide bonds. The van der Waals surface area contributed by atoms with Crippen LogP contribution in [0, 0.1) is 0 Å². The highest BCUT2D eigenvalue weighted by Crippen LogP contribution is 2.33. The van der Waals surface area contributed by atoms with Crippen LogP contribution in [0.5, 0.6) is 11.5 Å². The van der Waals surface area contributed by atoms with Crippen LogP contribution in [0.25, 0.3) is 0 Å². The van der Waals surface area contributed by atoms with E-state index in [9.17, 15) is 0 Å². The molecule has 1 aliphatic rings. The molecule has 4 heteroatoms. The van der Waals surface area contributed by atoms with Gasteiger partial charge in [0.15, 0.2) is 0 Å². The van der Waals surface area contributed by atoms with E-state index in [-0.39, 0.29) is 0 Å². The van der Waals surface area contributed by atoms with Crippen LogP contribution in [0.2, 0.25) is 0 Å². The summed E-state index contributed by atoms with van der Waals surface area (Å²) in [5, 5.41) is 3.55. The van der Waals surface area contributed by atoms with Gasteiger partial charge in [-0.1, -0.05) is 0 Å². The zero-order valence-corrected chi connectivity index (χ0v) is 12.3. The minimum absolute atomic E-state index is 0.451. The fourth-order valence-corrected chi connectivity index (χ4v) is 2.52. The lowest BCUT2D eigenvalue weighted by atomic mass is 10.2. The number of methoxy groups -OCH3 is 2. The molecule has 1 saturated heterocycles. The van der Waals surface area contributed by atoms with Crippen LogP contribution in [0.1, 0.15) is 20.3 Å². The summed E-state index contributed by atoms with van der Waals surface area (Å²) in [6.07, 6.45) is 1.14. The van der Waals surface area contributed by atoms with Crippen molar-refractivity contribution >= 4 is 5.69 Å². The van der Waals surface area contributed by atoms with Gasteiger partial charge in [-0.25, -0.2) is 0 Å². The van der Waals surface area contributed by atoms with Gasteiger partial charge in [0.2, 0.25) is 0 Å². The van der Waals surface area contributed by atoms with Gasteiger partial charge in [-0.2, -0.15) is 0 Å². The maximum atomic E-state index is 5.51. The van der Waals surface area contributed by atoms with Crippen LogP contribution in [0.4, 0.5) is 5.69 Å². The van der Waals surface area contributed by atoms with E-state index in [0.29, 0.717) is 12.1 Å². The minimum atomic E-state index is 0.451. The van der Waals surface area contributed by atoms with Crippen LogP contribution in [0.15, 0.2) is 18.2 Å². The van der Waals surface area contributed by atoms with Crippen molar-refractivity contribution in [1.29, 1.82) is 0 Å². The molecule has 0 aromatic heterocycles. The lowest BCUT2D eigenvalue weighted by molar-refractivity contribution is 0.393. The number of anilines is 1. The molecule has 0 spiro atoms. The number of ether oxygens (including phenoxy) is 2. The third-order valence-electron chi connectivity index (χ3n) is 3.79. The van der Waals surface area contributed by atoms with Gasteiger partial charge in [0, 0.05) is 31.2 Å². The Morgan fingerprint density at radius 3 is 2.68 bits per heavy atom. The molecule has 4 nitrogen and oxygen atoms in total. The molecule has 2 unspecified atom stereocenters. The fourth-order valence-electron chi connectivity index (χ4n) is 2.52. The number of benzene rings is 1. The highest BCUT2D eigenvalue weighted by molar-refractivity contribution is 5.61. The van der Waals surface area contributed by atoms with Crippen LogP contribution < -0.4 is 19.7 Å². The number of nitrogens with zero attached hydrogens (tertiary/aromatic N) is 1. The molecule has 2 rings (SSSR count). The molecule has 2 atom stereocenters. The average molecular weight is 264 g/mol. The second kappa shape index (κ2) is 6.15. The van der Waals surface area contributed by atoms with Crippen LogP contribution in [0.3, 0.4) is 0 Å². The third-order valence-corrected chi connectivity index (χ3v) is 3.79. The van der Waals surface area contributed by atoms with Crippen molar-refractivity contribution in [1.82, 2.24) is 5.32 Å². The molecule has 0 saturated carbocycles. The topological polar surface area (TPSA) is 33.7 Å². The van der Waals surface area contributed by atoms with E-state index in [4.69, 9.17) is 9.47 Å². The Morgan fingerprint density at radius 2 is 2.00 bits per heavy atom. The Balaban J connectivity index is 2.28. The summed E-state index contributed by atoms with van der Waals surface area (Å²) in [6, 6.07) is 7.05. The molecule has 0 aliphatic carbocycles. The van der Waals surface area contributed by atoms with Crippen molar-refractivity contribution in [3.63, 3.8) is 0 Å². The van der Waals surface area contributed by atoms with Crippen molar-refractivity contribution in [2.75, 3.05) is 32.2 Å². The van der Waals surface area contributed by atoms with Crippen LogP contribution >= 0.6 is 0 Å². The second-order valence-corrected chi connectivity index (χ2v) is 5.18. The van der Waals surface area contributed by atoms with Crippen LogP contribution in [-0.2, 0) is 0 Å². The smallest absolute Gasteiger partial charge is 0.145 e. The predicted molar refractivity (Wildman–Crippen MR) is 78.4 cm³/mol. The molecule has 19 heavy (non-hydrogen) atoms. The highest BCUT2D eigenvalue weighted by Gasteiger charge is 2.22. The molecule has 1 aliphatic heterocycles. The summed E-state index contributed by atoms with van der Waals surface area (Å²) < 4.78 is 10.8. The SMILES string of the molecule is COc1ccc(N2CCC(C)NCC2C)c(OC)c1. The molecule has 1 heterocycles. The number of nitrogens with one attached hydrogen (secondary N) is 1. The van der Waals surface area contributed by atoms with E-state index in [1.165, 1.54) is 0 Å². The summed E-state index contributed by atoms with van der Waals surface area (Å²) in [6.45, 7) is 6.52. The van der Waals surface area contributed by atoms with E-state index >= 15 is 0 Å². The Hall–Kier alpha value is -1.42. The summed E-state index contributed by atoms with van der Waals surface area (Å²) in [5.74, 6) is 1.70. The normalized spacial score (nSPS) is 23.9. The molecule has 0 radical (unpaired) electrons. The largest absolute Gasteiger partial charge is 0.497 e. The minimum Gasteiger partial charge on any atom is -0.497 e. The average Bonchev–Trinajstić information content (AvgIpc) is 2.60. The zero-order chi connectivity index (χ0) is 13.8. The van der Waals surface area contributed by atoms with Gasteiger partial charge in [-0.15, -0.1) is 0 Å². The van der Waals surface area contributed by atoms with Gasteiger partial charge in [-0.3, -0.25) is 0 Å². The quantitative estimate of drug-likeness (QED) is 0.908. The fraction of sp³-hybridized carbons (Fsp3) is 0.600. The van der Waals surface area contributed by atoms with Crippen molar-refractivity contribution < 1.29 is 9.47 Å². The van der Waals surface area contributed by atoms with Crippen molar-refractivity contribution in [2.24, 2.45) is 0 Å². The van der Waals surface area contributed by atoms with Gasteiger partial charge < -0.3 is 19.7 Å². The summed E-state index contributed by atoms with van der Waals surface area (Å²) in [4.78, 5) is 2.41. The first-order valence-corrected chi connectivity index (χ1v) is 6.87. The first-order valence-electron chi connectivity index (χ1n) is 6.87. The summed E-state index contributed by atoms with van der Waals surface area (Å²) in [5.41, 5.74) is 1.15. The Morgan fingerprint density at radius 1 is 1.21 bits per heavy atom. The Labute approximate surface area is 115 Å². The van der Waals surface area contributed by atoms with Gasteiger partial charge in [0.1, 0.15) is 11.5 Å². The van der Waals surface area contributed by atoms with E-state index in [1.54, 1.807) is 14.2 Å². The molecule has 1 aromatic rings. The molecule has 1 N–H and O–H groups in total. The lowest BCUT2D eigenvalue weighted by Gasteiger charge is -2.30. The number of hydrogen-bond acceptors (Lipinski definition) is 4. The first-order chi connectivity index (χ1) is 9.15.